The second-order valence-electron chi connectivity index (χ2n) is 6.20. The SMILES string of the molecule is Cc1ccc(-c2csc3ncn(CC(=O)Nc4sccc4C#N)c(=O)c23)cc1. The normalized spacial score (nSPS) is 10.7. The van der Waals surface area contributed by atoms with Crippen molar-refractivity contribution in [2.45, 2.75) is 13.5 Å². The molecule has 0 bridgehead atoms. The van der Waals surface area contributed by atoms with Gasteiger partial charge < -0.3 is 5.32 Å². The third-order valence-corrected chi connectivity index (χ3v) is 5.99. The molecule has 3 heterocycles. The topological polar surface area (TPSA) is 87.8 Å². The number of benzene rings is 1. The van der Waals surface area contributed by atoms with Gasteiger partial charge >= 0.3 is 0 Å². The number of rotatable bonds is 4. The number of hydrogen-bond donors (Lipinski definition) is 1. The number of amides is 1. The molecule has 0 fully saturated rings. The van der Waals surface area contributed by atoms with Crippen molar-refractivity contribution >= 4 is 43.8 Å². The maximum Gasteiger partial charge on any atom is 0.263 e. The Bertz CT molecular complexity index is 1280. The van der Waals surface area contributed by atoms with E-state index in [1.165, 1.54) is 33.6 Å². The van der Waals surface area contributed by atoms with Gasteiger partial charge in [0.15, 0.2) is 0 Å². The molecule has 138 valence electrons. The first-order chi connectivity index (χ1) is 13.6. The number of thiophene rings is 2. The predicted octanol–water partition coefficient (Wildman–Crippen LogP) is 4.01. The van der Waals surface area contributed by atoms with Crippen LogP contribution in [-0.2, 0) is 11.3 Å². The van der Waals surface area contributed by atoms with E-state index < -0.39 is 0 Å². The summed E-state index contributed by atoms with van der Waals surface area (Å²) in [5.41, 5.74) is 3.04. The second kappa shape index (κ2) is 7.38. The fourth-order valence-corrected chi connectivity index (χ4v) is 4.50. The third-order valence-electron chi connectivity index (χ3n) is 4.28. The van der Waals surface area contributed by atoms with Gasteiger partial charge in [-0.25, -0.2) is 4.98 Å². The summed E-state index contributed by atoms with van der Waals surface area (Å²) < 4.78 is 1.29. The van der Waals surface area contributed by atoms with E-state index in [0.717, 1.165) is 16.7 Å². The maximum atomic E-state index is 13.0. The molecule has 0 radical (unpaired) electrons. The van der Waals surface area contributed by atoms with Gasteiger partial charge in [-0.1, -0.05) is 29.8 Å². The minimum atomic E-state index is -0.380. The van der Waals surface area contributed by atoms with Crippen LogP contribution in [0.15, 0.2) is 52.2 Å². The summed E-state index contributed by atoms with van der Waals surface area (Å²) in [5, 5.41) is 16.4. The van der Waals surface area contributed by atoms with Crippen LogP contribution in [-0.4, -0.2) is 15.5 Å². The molecule has 1 N–H and O–H groups in total. The predicted molar refractivity (Wildman–Crippen MR) is 112 cm³/mol. The van der Waals surface area contributed by atoms with Gasteiger partial charge in [-0.2, -0.15) is 5.26 Å². The van der Waals surface area contributed by atoms with Crippen LogP contribution in [0.2, 0.25) is 0 Å². The van der Waals surface area contributed by atoms with E-state index >= 15 is 0 Å². The summed E-state index contributed by atoms with van der Waals surface area (Å²) in [6.07, 6.45) is 1.39. The Hall–Kier alpha value is -3.28. The van der Waals surface area contributed by atoms with Crippen molar-refractivity contribution < 1.29 is 4.79 Å². The number of aromatic nitrogens is 2. The highest BCUT2D eigenvalue weighted by Gasteiger charge is 2.15. The molecule has 1 aromatic carbocycles. The zero-order valence-corrected chi connectivity index (χ0v) is 16.4. The number of nitrogens with one attached hydrogen (secondary N) is 1. The van der Waals surface area contributed by atoms with Crippen molar-refractivity contribution in [1.29, 1.82) is 5.26 Å². The highest BCUT2D eigenvalue weighted by Crippen LogP contribution is 2.30. The number of carbonyl (C=O) groups is 1. The monoisotopic (exact) mass is 406 g/mol. The molecule has 8 heteroatoms. The van der Waals surface area contributed by atoms with Crippen molar-refractivity contribution in [3.05, 3.63) is 68.9 Å². The molecule has 0 atom stereocenters. The average Bonchev–Trinajstić information content (AvgIpc) is 3.31. The number of aryl methyl sites for hydroxylation is 1. The highest BCUT2D eigenvalue weighted by molar-refractivity contribution is 7.17. The van der Waals surface area contributed by atoms with E-state index in [4.69, 9.17) is 5.26 Å². The van der Waals surface area contributed by atoms with Crippen LogP contribution in [0.25, 0.3) is 21.3 Å². The third kappa shape index (κ3) is 3.33. The lowest BCUT2D eigenvalue weighted by Crippen LogP contribution is -2.27. The Kier molecular flexibility index (Phi) is 4.77. The van der Waals surface area contributed by atoms with Crippen LogP contribution >= 0.6 is 22.7 Å². The minimum Gasteiger partial charge on any atom is -0.315 e. The first-order valence-electron chi connectivity index (χ1n) is 8.38. The lowest BCUT2D eigenvalue weighted by Gasteiger charge is -2.07. The fraction of sp³-hybridized carbons (Fsp3) is 0.100. The first kappa shape index (κ1) is 18.1. The number of carbonyl (C=O) groups excluding carboxylic acids is 1. The zero-order valence-electron chi connectivity index (χ0n) is 14.8. The van der Waals surface area contributed by atoms with Crippen LogP contribution in [0.4, 0.5) is 5.00 Å². The van der Waals surface area contributed by atoms with Crippen molar-refractivity contribution in [2.75, 3.05) is 5.32 Å². The van der Waals surface area contributed by atoms with E-state index in [0.29, 0.717) is 20.8 Å². The van der Waals surface area contributed by atoms with E-state index in [1.807, 2.05) is 42.6 Å². The van der Waals surface area contributed by atoms with E-state index in [9.17, 15) is 9.59 Å². The molecule has 4 rings (SSSR count). The molecule has 28 heavy (non-hydrogen) atoms. The Morgan fingerprint density at radius 2 is 2.04 bits per heavy atom. The van der Waals surface area contributed by atoms with Gasteiger partial charge in [0.05, 0.1) is 17.3 Å². The van der Waals surface area contributed by atoms with E-state index in [1.54, 1.807) is 11.4 Å². The van der Waals surface area contributed by atoms with Gasteiger partial charge in [-0.15, -0.1) is 22.7 Å². The molecule has 0 unspecified atom stereocenters. The summed E-state index contributed by atoms with van der Waals surface area (Å²) in [5.74, 6) is -0.380. The second-order valence-corrected chi connectivity index (χ2v) is 7.97. The fourth-order valence-electron chi connectivity index (χ4n) is 2.84. The van der Waals surface area contributed by atoms with Crippen molar-refractivity contribution in [3.63, 3.8) is 0 Å². The van der Waals surface area contributed by atoms with Crippen molar-refractivity contribution in [2.24, 2.45) is 0 Å². The van der Waals surface area contributed by atoms with Gasteiger partial charge in [-0.05, 0) is 23.9 Å². The molecule has 0 aliphatic rings. The van der Waals surface area contributed by atoms with Crippen LogP contribution in [0.1, 0.15) is 11.1 Å². The smallest absolute Gasteiger partial charge is 0.263 e. The lowest BCUT2D eigenvalue weighted by atomic mass is 10.1. The van der Waals surface area contributed by atoms with Crippen LogP contribution in [0.3, 0.4) is 0 Å². The number of anilines is 1. The Morgan fingerprint density at radius 3 is 2.79 bits per heavy atom. The summed E-state index contributed by atoms with van der Waals surface area (Å²) >= 11 is 2.67. The van der Waals surface area contributed by atoms with Gasteiger partial charge in [-0.3, -0.25) is 14.2 Å². The highest BCUT2D eigenvalue weighted by atomic mass is 32.1. The molecular weight excluding hydrogens is 392 g/mol. The van der Waals surface area contributed by atoms with E-state index in [2.05, 4.69) is 10.3 Å². The zero-order chi connectivity index (χ0) is 19.7. The van der Waals surface area contributed by atoms with Gasteiger partial charge in [0.1, 0.15) is 22.4 Å². The number of nitrogens with zero attached hydrogens (tertiary/aromatic N) is 3. The maximum absolute atomic E-state index is 13.0. The molecule has 0 aliphatic heterocycles. The molecule has 1 amide bonds. The summed E-state index contributed by atoms with van der Waals surface area (Å²) in [4.78, 5) is 30.4. The average molecular weight is 406 g/mol. The van der Waals surface area contributed by atoms with E-state index in [-0.39, 0.29) is 18.0 Å². The van der Waals surface area contributed by atoms with Crippen LogP contribution in [0.5, 0.6) is 0 Å². The Morgan fingerprint density at radius 1 is 1.25 bits per heavy atom. The molecule has 0 saturated carbocycles. The quantitative estimate of drug-likeness (QED) is 0.555. The molecule has 0 saturated heterocycles. The largest absolute Gasteiger partial charge is 0.315 e. The molecule has 6 nitrogen and oxygen atoms in total. The summed E-state index contributed by atoms with van der Waals surface area (Å²) in [6.45, 7) is 1.84. The summed E-state index contributed by atoms with van der Waals surface area (Å²) in [6, 6.07) is 11.6. The van der Waals surface area contributed by atoms with Crippen molar-refractivity contribution in [3.8, 4) is 17.2 Å². The Balaban J connectivity index is 1.67. The Labute approximate surface area is 168 Å². The molecule has 4 aromatic rings. The molecule has 3 aromatic heterocycles. The van der Waals surface area contributed by atoms with Gasteiger partial charge in [0, 0.05) is 10.9 Å². The number of hydrogen-bond acceptors (Lipinski definition) is 6. The molecule has 0 spiro atoms. The van der Waals surface area contributed by atoms with Crippen LogP contribution < -0.4 is 10.9 Å². The molecular formula is C20H14N4O2S2. The standard InChI is InChI=1S/C20H14N4O2S2/c1-12-2-4-13(5-3-12)15-10-28-19-17(15)20(26)24(11-22-19)9-16(25)23-18-14(8-21)6-7-27-18/h2-7,10-11H,9H2,1H3,(H,23,25). The van der Waals surface area contributed by atoms with Gasteiger partial charge in [0.2, 0.25) is 5.91 Å². The van der Waals surface area contributed by atoms with Crippen LogP contribution in [0, 0.1) is 18.3 Å². The summed E-state index contributed by atoms with van der Waals surface area (Å²) in [7, 11) is 0. The lowest BCUT2D eigenvalue weighted by molar-refractivity contribution is -0.116. The number of fused-ring (bicyclic) bond motifs is 1. The van der Waals surface area contributed by atoms with Crippen molar-refractivity contribution in [1.82, 2.24) is 9.55 Å². The minimum absolute atomic E-state index is 0.173. The molecule has 0 aliphatic carbocycles. The number of nitriles is 1. The van der Waals surface area contributed by atoms with Gasteiger partial charge in [0.25, 0.3) is 5.56 Å². The first-order valence-corrected chi connectivity index (χ1v) is 10.1.